The fourth-order valence-corrected chi connectivity index (χ4v) is 3.72. The minimum Gasteiger partial charge on any atom is -0.481 e. The third-order valence-corrected chi connectivity index (χ3v) is 4.68. The second-order valence-corrected chi connectivity index (χ2v) is 6.91. The Bertz CT molecular complexity index is 518. The predicted molar refractivity (Wildman–Crippen MR) is 77.1 cm³/mol. The predicted octanol–water partition coefficient (Wildman–Crippen LogP) is 2.67. The van der Waals surface area contributed by atoms with Crippen LogP contribution in [0.3, 0.4) is 0 Å². The molecule has 0 spiro atoms. The number of carbonyl (C=O) groups is 2. The van der Waals surface area contributed by atoms with E-state index in [2.05, 4.69) is 10.3 Å². The van der Waals surface area contributed by atoms with Crippen molar-refractivity contribution in [2.75, 3.05) is 0 Å². The first-order valence-corrected chi connectivity index (χ1v) is 7.72. The number of aliphatic carboxylic acids is 1. The lowest BCUT2D eigenvalue weighted by Crippen LogP contribution is -2.51. The van der Waals surface area contributed by atoms with Crippen LogP contribution in [0.15, 0.2) is 0 Å². The molecule has 1 saturated carbocycles. The van der Waals surface area contributed by atoms with Crippen LogP contribution < -0.4 is 5.32 Å². The van der Waals surface area contributed by atoms with Crippen molar-refractivity contribution in [1.29, 1.82) is 0 Å². The Kier molecular flexibility index (Phi) is 4.42. The van der Waals surface area contributed by atoms with Crippen LogP contribution in [0.25, 0.3) is 0 Å². The first-order chi connectivity index (χ1) is 9.42. The number of carboxylic acid groups (broad SMARTS) is 1. The zero-order valence-corrected chi connectivity index (χ0v) is 12.7. The van der Waals surface area contributed by atoms with Crippen molar-refractivity contribution in [3.8, 4) is 0 Å². The molecule has 1 aliphatic rings. The first kappa shape index (κ1) is 15.0. The summed E-state index contributed by atoms with van der Waals surface area (Å²) < 4.78 is 0. The molecule has 2 rings (SSSR count). The van der Waals surface area contributed by atoms with Gasteiger partial charge in [0, 0.05) is 4.88 Å². The molecule has 0 bridgehead atoms. The molecular formula is C14H20N2O3S. The lowest BCUT2D eigenvalue weighted by Gasteiger charge is -2.36. The minimum absolute atomic E-state index is 0.0130. The Morgan fingerprint density at radius 1 is 1.30 bits per heavy atom. The Balaban J connectivity index is 2.17. The van der Waals surface area contributed by atoms with Gasteiger partial charge in [-0.15, -0.1) is 11.3 Å². The van der Waals surface area contributed by atoms with Gasteiger partial charge in [-0.05, 0) is 26.7 Å². The number of hydrogen-bond donors (Lipinski definition) is 2. The smallest absolute Gasteiger partial charge is 0.305 e. The molecule has 1 aromatic rings. The van der Waals surface area contributed by atoms with Crippen LogP contribution in [0, 0.1) is 13.8 Å². The van der Waals surface area contributed by atoms with Gasteiger partial charge in [0.2, 0.25) is 0 Å². The number of rotatable bonds is 4. The summed E-state index contributed by atoms with van der Waals surface area (Å²) in [5.41, 5.74) is -0.173. The number of thiazole rings is 1. The van der Waals surface area contributed by atoms with Crippen molar-refractivity contribution in [3.05, 3.63) is 15.6 Å². The van der Waals surface area contributed by atoms with E-state index >= 15 is 0 Å². The van der Waals surface area contributed by atoms with Crippen molar-refractivity contribution in [1.82, 2.24) is 10.3 Å². The zero-order chi connectivity index (χ0) is 14.8. The summed E-state index contributed by atoms with van der Waals surface area (Å²) >= 11 is 1.48. The average molecular weight is 296 g/mol. The van der Waals surface area contributed by atoms with Crippen molar-refractivity contribution in [3.63, 3.8) is 0 Å². The molecule has 1 heterocycles. The number of nitrogens with one attached hydrogen (secondary N) is 1. The van der Waals surface area contributed by atoms with Crippen molar-refractivity contribution >= 4 is 23.2 Å². The van der Waals surface area contributed by atoms with Crippen LogP contribution in [0.1, 0.15) is 58.9 Å². The summed E-state index contributed by atoms with van der Waals surface area (Å²) in [7, 11) is 0. The maximum absolute atomic E-state index is 12.4. The van der Waals surface area contributed by atoms with Gasteiger partial charge in [-0.2, -0.15) is 0 Å². The molecule has 1 aliphatic carbocycles. The molecule has 1 amide bonds. The SMILES string of the molecule is Cc1nc(C(=O)NC2(CC(=O)O)CCCCC2)c(C)s1. The molecule has 0 aromatic carbocycles. The Labute approximate surface area is 122 Å². The third-order valence-electron chi connectivity index (χ3n) is 3.80. The normalized spacial score (nSPS) is 17.7. The summed E-state index contributed by atoms with van der Waals surface area (Å²) in [6.45, 7) is 3.73. The van der Waals surface area contributed by atoms with Crippen LogP contribution >= 0.6 is 11.3 Å². The Morgan fingerprint density at radius 2 is 1.95 bits per heavy atom. The molecule has 20 heavy (non-hydrogen) atoms. The van der Waals surface area contributed by atoms with Gasteiger partial charge in [0.15, 0.2) is 0 Å². The molecule has 1 aromatic heterocycles. The summed E-state index contributed by atoms with van der Waals surface area (Å²) in [4.78, 5) is 28.6. The highest BCUT2D eigenvalue weighted by molar-refractivity contribution is 7.11. The molecule has 5 nitrogen and oxygen atoms in total. The lowest BCUT2D eigenvalue weighted by molar-refractivity contribution is -0.139. The molecule has 0 saturated heterocycles. The fourth-order valence-electron chi connectivity index (χ4n) is 2.90. The van der Waals surface area contributed by atoms with Crippen LogP contribution in [-0.4, -0.2) is 27.5 Å². The van der Waals surface area contributed by atoms with E-state index in [4.69, 9.17) is 5.11 Å². The van der Waals surface area contributed by atoms with Crippen molar-refractivity contribution in [2.24, 2.45) is 0 Å². The number of hydrogen-bond acceptors (Lipinski definition) is 4. The molecule has 0 radical (unpaired) electrons. The third kappa shape index (κ3) is 3.36. The van der Waals surface area contributed by atoms with Gasteiger partial charge in [-0.3, -0.25) is 9.59 Å². The standard InChI is InChI=1S/C14H20N2O3S/c1-9-12(15-10(2)20-9)13(19)16-14(8-11(17)18)6-4-3-5-7-14/h3-8H2,1-2H3,(H,16,19)(H,17,18). The van der Waals surface area contributed by atoms with Crippen LogP contribution in [0.5, 0.6) is 0 Å². The number of aromatic nitrogens is 1. The van der Waals surface area contributed by atoms with E-state index in [-0.39, 0.29) is 12.3 Å². The quantitative estimate of drug-likeness (QED) is 0.895. The topological polar surface area (TPSA) is 79.3 Å². The second kappa shape index (κ2) is 5.91. The molecule has 110 valence electrons. The highest BCUT2D eigenvalue weighted by Gasteiger charge is 2.36. The summed E-state index contributed by atoms with van der Waals surface area (Å²) in [6.07, 6.45) is 4.47. The van der Waals surface area contributed by atoms with Gasteiger partial charge in [-0.25, -0.2) is 4.98 Å². The van der Waals surface area contributed by atoms with E-state index < -0.39 is 11.5 Å². The minimum atomic E-state index is -0.863. The van der Waals surface area contributed by atoms with Gasteiger partial charge in [0.25, 0.3) is 5.91 Å². The van der Waals surface area contributed by atoms with E-state index in [9.17, 15) is 9.59 Å². The Morgan fingerprint density at radius 3 is 2.45 bits per heavy atom. The average Bonchev–Trinajstić information content (AvgIpc) is 2.68. The zero-order valence-electron chi connectivity index (χ0n) is 11.9. The number of aryl methyl sites for hydroxylation is 2. The van der Waals surface area contributed by atoms with Crippen molar-refractivity contribution < 1.29 is 14.7 Å². The van der Waals surface area contributed by atoms with Gasteiger partial charge in [-0.1, -0.05) is 19.3 Å². The monoisotopic (exact) mass is 296 g/mol. The summed E-state index contributed by atoms with van der Waals surface area (Å²) in [6, 6.07) is 0. The van der Waals surface area contributed by atoms with Gasteiger partial charge >= 0.3 is 5.97 Å². The first-order valence-electron chi connectivity index (χ1n) is 6.90. The fraction of sp³-hybridized carbons (Fsp3) is 0.643. The maximum Gasteiger partial charge on any atom is 0.305 e. The molecule has 1 fully saturated rings. The van der Waals surface area contributed by atoms with Gasteiger partial charge in [0.05, 0.1) is 17.0 Å². The van der Waals surface area contributed by atoms with Gasteiger partial charge in [0.1, 0.15) is 5.69 Å². The summed E-state index contributed by atoms with van der Waals surface area (Å²) in [5, 5.41) is 12.9. The van der Waals surface area contributed by atoms with E-state index in [0.29, 0.717) is 5.69 Å². The molecule has 0 aliphatic heterocycles. The van der Waals surface area contributed by atoms with Gasteiger partial charge < -0.3 is 10.4 Å². The maximum atomic E-state index is 12.4. The van der Waals surface area contributed by atoms with E-state index in [1.54, 1.807) is 0 Å². The Hall–Kier alpha value is -1.43. The van der Waals surface area contributed by atoms with E-state index in [0.717, 1.165) is 42.0 Å². The highest BCUT2D eigenvalue weighted by Crippen LogP contribution is 2.31. The van der Waals surface area contributed by atoms with Crippen LogP contribution in [0.2, 0.25) is 0 Å². The number of carboxylic acids is 1. The van der Waals surface area contributed by atoms with Crippen LogP contribution in [0.4, 0.5) is 0 Å². The van der Waals surface area contributed by atoms with E-state index in [1.807, 2.05) is 13.8 Å². The molecule has 6 heteroatoms. The molecular weight excluding hydrogens is 276 g/mol. The highest BCUT2D eigenvalue weighted by atomic mass is 32.1. The van der Waals surface area contributed by atoms with Crippen molar-refractivity contribution in [2.45, 2.75) is 57.9 Å². The lowest BCUT2D eigenvalue weighted by atomic mass is 9.79. The second-order valence-electron chi connectivity index (χ2n) is 5.50. The molecule has 0 unspecified atom stereocenters. The summed E-state index contributed by atoms with van der Waals surface area (Å²) in [5.74, 6) is -1.10. The van der Waals surface area contributed by atoms with E-state index in [1.165, 1.54) is 11.3 Å². The number of nitrogens with zero attached hydrogens (tertiary/aromatic N) is 1. The largest absolute Gasteiger partial charge is 0.481 e. The number of amides is 1. The number of carbonyl (C=O) groups excluding carboxylic acids is 1. The molecule has 0 atom stereocenters. The van der Waals surface area contributed by atoms with Crippen LogP contribution in [-0.2, 0) is 4.79 Å². The molecule has 2 N–H and O–H groups in total.